The predicted octanol–water partition coefficient (Wildman–Crippen LogP) is 3.11. The zero-order valence-electron chi connectivity index (χ0n) is 14.1. The van der Waals surface area contributed by atoms with E-state index in [9.17, 15) is 9.59 Å². The summed E-state index contributed by atoms with van der Waals surface area (Å²) in [7, 11) is 0. The van der Waals surface area contributed by atoms with Gasteiger partial charge in [0.05, 0.1) is 0 Å². The molecule has 2 aromatic carbocycles. The van der Waals surface area contributed by atoms with E-state index >= 15 is 0 Å². The quantitative estimate of drug-likeness (QED) is 0.873. The van der Waals surface area contributed by atoms with E-state index in [4.69, 9.17) is 5.73 Å². The first-order valence-corrected chi connectivity index (χ1v) is 8.56. The van der Waals surface area contributed by atoms with E-state index in [1.807, 2.05) is 71.6 Å². The van der Waals surface area contributed by atoms with Gasteiger partial charge >= 0.3 is 0 Å². The maximum absolute atomic E-state index is 12.5. The van der Waals surface area contributed by atoms with Crippen LogP contribution in [-0.4, -0.2) is 29.8 Å². The number of hydrogen-bond acceptors (Lipinski definition) is 2. The Morgan fingerprint density at radius 1 is 0.920 bits per heavy atom. The molecule has 0 saturated carbocycles. The van der Waals surface area contributed by atoms with Crippen molar-refractivity contribution in [1.29, 1.82) is 0 Å². The Labute approximate surface area is 148 Å². The van der Waals surface area contributed by atoms with Crippen LogP contribution in [0.4, 0.5) is 0 Å². The molecule has 1 heterocycles. The van der Waals surface area contributed by atoms with Gasteiger partial charge in [-0.3, -0.25) is 9.59 Å². The largest absolute Gasteiger partial charge is 0.366 e. The molecule has 2 amide bonds. The van der Waals surface area contributed by atoms with E-state index in [1.54, 1.807) is 0 Å². The summed E-state index contributed by atoms with van der Waals surface area (Å²) in [5.74, 6) is -0.235. The van der Waals surface area contributed by atoms with Crippen molar-refractivity contribution in [3.8, 4) is 0 Å². The van der Waals surface area contributed by atoms with Crippen LogP contribution < -0.4 is 5.73 Å². The maximum Gasteiger partial charge on any atom is 0.253 e. The first kappa shape index (κ1) is 17.0. The summed E-state index contributed by atoms with van der Waals surface area (Å²) >= 11 is 0. The molecule has 0 bridgehead atoms. The normalized spacial score (nSPS) is 15.8. The smallest absolute Gasteiger partial charge is 0.253 e. The number of piperidine rings is 1. The lowest BCUT2D eigenvalue weighted by molar-refractivity contribution is -0.115. The van der Waals surface area contributed by atoms with Gasteiger partial charge in [-0.1, -0.05) is 48.5 Å². The van der Waals surface area contributed by atoms with Gasteiger partial charge in [0.15, 0.2) is 0 Å². The van der Waals surface area contributed by atoms with Gasteiger partial charge in [0, 0.05) is 24.2 Å². The fourth-order valence-electron chi connectivity index (χ4n) is 3.28. The fraction of sp³-hybridized carbons (Fsp3) is 0.238. The van der Waals surface area contributed by atoms with Crippen LogP contribution in [0, 0.1) is 5.92 Å². The lowest BCUT2D eigenvalue weighted by Gasteiger charge is -2.32. The molecule has 0 spiro atoms. The summed E-state index contributed by atoms with van der Waals surface area (Å²) in [4.78, 5) is 26.3. The number of likely N-dealkylation sites (tertiary alicyclic amines) is 1. The molecule has 128 valence electrons. The second kappa shape index (κ2) is 7.79. The molecule has 2 aromatic rings. The minimum absolute atomic E-state index is 0.0479. The molecule has 0 unspecified atom stereocenters. The second-order valence-electron chi connectivity index (χ2n) is 6.31. The Bertz CT molecular complexity index is 761. The third kappa shape index (κ3) is 4.15. The number of primary amides is 1. The highest BCUT2D eigenvalue weighted by Gasteiger charge is 2.27. The number of rotatable bonds is 4. The van der Waals surface area contributed by atoms with Gasteiger partial charge in [-0.2, -0.15) is 0 Å². The first-order valence-electron chi connectivity index (χ1n) is 8.56. The number of hydrogen-bond donors (Lipinski definition) is 1. The van der Waals surface area contributed by atoms with Crippen molar-refractivity contribution >= 4 is 17.9 Å². The lowest BCUT2D eigenvalue weighted by Crippen LogP contribution is -2.40. The number of carbonyl (C=O) groups excluding carboxylic acids is 2. The highest BCUT2D eigenvalue weighted by molar-refractivity contribution is 5.97. The van der Waals surface area contributed by atoms with Gasteiger partial charge in [-0.25, -0.2) is 0 Å². The van der Waals surface area contributed by atoms with Crippen LogP contribution in [0.15, 0.2) is 66.2 Å². The van der Waals surface area contributed by atoms with Crippen molar-refractivity contribution in [2.24, 2.45) is 11.7 Å². The van der Waals surface area contributed by atoms with Crippen LogP contribution in [0.25, 0.3) is 6.08 Å². The first-order chi connectivity index (χ1) is 12.1. The van der Waals surface area contributed by atoms with Crippen molar-refractivity contribution in [2.75, 3.05) is 13.1 Å². The van der Waals surface area contributed by atoms with Crippen molar-refractivity contribution < 1.29 is 9.59 Å². The van der Waals surface area contributed by atoms with E-state index in [0.29, 0.717) is 24.2 Å². The highest BCUT2D eigenvalue weighted by Crippen LogP contribution is 2.27. The lowest BCUT2D eigenvalue weighted by atomic mass is 9.87. The average molecular weight is 334 g/mol. The van der Waals surface area contributed by atoms with Gasteiger partial charge in [-0.05, 0) is 42.5 Å². The molecule has 2 N–H and O–H groups in total. The molecule has 4 heteroatoms. The molecule has 0 radical (unpaired) electrons. The topological polar surface area (TPSA) is 63.4 Å². The highest BCUT2D eigenvalue weighted by atomic mass is 16.2. The zero-order valence-corrected chi connectivity index (χ0v) is 14.1. The molecule has 1 saturated heterocycles. The molecule has 1 fully saturated rings. The molecular weight excluding hydrogens is 312 g/mol. The minimum Gasteiger partial charge on any atom is -0.366 e. The average Bonchev–Trinajstić information content (AvgIpc) is 2.67. The van der Waals surface area contributed by atoms with E-state index in [1.165, 1.54) is 0 Å². The van der Waals surface area contributed by atoms with Crippen LogP contribution in [0.3, 0.4) is 0 Å². The van der Waals surface area contributed by atoms with E-state index < -0.39 is 0 Å². The molecule has 4 nitrogen and oxygen atoms in total. The third-order valence-electron chi connectivity index (χ3n) is 4.65. The molecule has 25 heavy (non-hydrogen) atoms. The number of benzene rings is 2. The molecule has 0 aromatic heterocycles. The molecule has 0 aliphatic carbocycles. The molecular formula is C21H22N2O2. The SMILES string of the molecule is NC(=O)C(=Cc1ccccc1)C1CCN(C(=O)c2ccccc2)CC1. The molecule has 0 atom stereocenters. The van der Waals surface area contributed by atoms with Crippen LogP contribution in [0.2, 0.25) is 0 Å². The Morgan fingerprint density at radius 3 is 2.04 bits per heavy atom. The Balaban J connectivity index is 1.69. The van der Waals surface area contributed by atoms with Crippen LogP contribution in [0.5, 0.6) is 0 Å². The van der Waals surface area contributed by atoms with Gasteiger partial charge in [0.25, 0.3) is 5.91 Å². The summed E-state index contributed by atoms with van der Waals surface area (Å²) < 4.78 is 0. The van der Waals surface area contributed by atoms with Crippen molar-refractivity contribution in [2.45, 2.75) is 12.8 Å². The van der Waals surface area contributed by atoms with Gasteiger partial charge in [-0.15, -0.1) is 0 Å². The fourth-order valence-corrected chi connectivity index (χ4v) is 3.28. The van der Waals surface area contributed by atoms with Gasteiger partial charge in [0.2, 0.25) is 5.91 Å². The summed E-state index contributed by atoms with van der Waals surface area (Å²) in [6.45, 7) is 1.27. The van der Waals surface area contributed by atoms with Crippen molar-refractivity contribution in [3.05, 3.63) is 77.4 Å². The number of carbonyl (C=O) groups is 2. The van der Waals surface area contributed by atoms with E-state index in [0.717, 1.165) is 18.4 Å². The number of nitrogens with zero attached hydrogens (tertiary/aromatic N) is 1. The Hall–Kier alpha value is -2.88. The molecule has 3 rings (SSSR count). The number of nitrogens with two attached hydrogens (primary N) is 1. The maximum atomic E-state index is 12.5. The summed E-state index contributed by atoms with van der Waals surface area (Å²) in [6, 6.07) is 19.0. The van der Waals surface area contributed by atoms with Crippen LogP contribution in [0.1, 0.15) is 28.8 Å². The van der Waals surface area contributed by atoms with Gasteiger partial charge < -0.3 is 10.6 Å². The van der Waals surface area contributed by atoms with Crippen molar-refractivity contribution in [3.63, 3.8) is 0 Å². The summed E-state index contributed by atoms with van der Waals surface area (Å²) in [5, 5.41) is 0. The van der Waals surface area contributed by atoms with E-state index in [-0.39, 0.29) is 17.7 Å². The standard InChI is InChI=1S/C21H22N2O2/c22-20(24)19(15-16-7-3-1-4-8-16)17-11-13-23(14-12-17)21(25)18-9-5-2-6-10-18/h1-10,15,17H,11-14H2,(H2,22,24). The second-order valence-corrected chi connectivity index (χ2v) is 6.31. The summed E-state index contributed by atoms with van der Waals surface area (Å²) in [6.07, 6.45) is 3.38. The summed E-state index contributed by atoms with van der Waals surface area (Å²) in [5.41, 5.74) is 7.94. The molecule has 1 aliphatic heterocycles. The third-order valence-corrected chi connectivity index (χ3v) is 4.65. The van der Waals surface area contributed by atoms with Crippen LogP contribution in [-0.2, 0) is 4.79 Å². The Morgan fingerprint density at radius 2 is 1.48 bits per heavy atom. The minimum atomic E-state index is -0.378. The van der Waals surface area contributed by atoms with Crippen LogP contribution >= 0.6 is 0 Å². The predicted molar refractivity (Wildman–Crippen MR) is 98.7 cm³/mol. The Kier molecular flexibility index (Phi) is 5.29. The monoisotopic (exact) mass is 334 g/mol. The van der Waals surface area contributed by atoms with E-state index in [2.05, 4.69) is 0 Å². The zero-order chi connectivity index (χ0) is 17.6. The van der Waals surface area contributed by atoms with Crippen molar-refractivity contribution in [1.82, 2.24) is 4.90 Å². The number of amides is 2. The molecule has 1 aliphatic rings. The van der Waals surface area contributed by atoms with Gasteiger partial charge in [0.1, 0.15) is 0 Å².